The number of rotatable bonds is 1. The van der Waals surface area contributed by atoms with E-state index in [-0.39, 0.29) is 0 Å². The molecule has 0 aromatic rings. The molecule has 5 heteroatoms. The van der Waals surface area contributed by atoms with E-state index in [1.165, 1.54) is 0 Å². The van der Waals surface area contributed by atoms with Gasteiger partial charge < -0.3 is 5.11 Å². The summed E-state index contributed by atoms with van der Waals surface area (Å²) in [5.74, 6) is -2.49. The molecule has 0 aliphatic heterocycles. The molecule has 0 aliphatic carbocycles. The zero-order valence-corrected chi connectivity index (χ0v) is 3.54. The molecule has 0 rings (SSSR count). The summed E-state index contributed by atoms with van der Waals surface area (Å²) >= 11 is 0. The Balaban J connectivity index is 4.03. The molecule has 0 radical (unpaired) electrons. The minimum atomic E-state index is -4.67. The van der Waals surface area contributed by atoms with Gasteiger partial charge in [-0.2, -0.15) is 13.2 Å². The van der Waals surface area contributed by atoms with Crippen LogP contribution in [-0.2, 0) is 0 Å². The molecule has 0 fully saturated rings. The number of alkyl halides is 2. The summed E-state index contributed by atoms with van der Waals surface area (Å²) in [7, 11) is 0. The van der Waals surface area contributed by atoms with Crippen LogP contribution in [0.25, 0.3) is 0 Å². The molecule has 48 valence electrons. The van der Waals surface area contributed by atoms with Gasteiger partial charge in [0.2, 0.25) is 5.83 Å². The lowest BCUT2D eigenvalue weighted by Gasteiger charge is -2.01. The highest BCUT2D eigenvalue weighted by Gasteiger charge is 2.31. The first kappa shape index (κ1) is 7.42. The van der Waals surface area contributed by atoms with Gasteiger partial charge in [0.15, 0.2) is 0 Å². The van der Waals surface area contributed by atoms with Gasteiger partial charge in [-0.1, -0.05) is 0 Å². The fraction of sp³-hybridized carbons (Fsp3) is 0.333. The van der Waals surface area contributed by atoms with E-state index in [1.54, 1.807) is 0 Å². The van der Waals surface area contributed by atoms with E-state index in [9.17, 15) is 17.6 Å². The van der Waals surface area contributed by atoms with Crippen LogP contribution in [-0.4, -0.2) is 11.2 Å². The maximum Gasteiger partial charge on any atom is 0.409 e. The van der Waals surface area contributed by atoms with Crippen molar-refractivity contribution < 1.29 is 22.7 Å². The Labute approximate surface area is 42.2 Å². The Hall–Kier alpha value is -0.580. The van der Waals surface area contributed by atoms with Gasteiger partial charge in [-0.3, -0.25) is 0 Å². The molecule has 1 nitrogen and oxygen atoms in total. The average Bonchev–Trinajstić information content (AvgIpc) is 1.62. The van der Waals surface area contributed by atoms with Crippen molar-refractivity contribution in [3.63, 3.8) is 0 Å². The minimum absolute atomic E-state index is 1.00. The van der Waals surface area contributed by atoms with E-state index in [0.717, 1.165) is 0 Å². The largest absolute Gasteiger partial charge is 0.409 e. The molecule has 8 heavy (non-hydrogen) atoms. The lowest BCUT2D eigenvalue weighted by Crippen LogP contribution is -2.14. The van der Waals surface area contributed by atoms with Gasteiger partial charge in [0.25, 0.3) is 0 Å². The summed E-state index contributed by atoms with van der Waals surface area (Å²) in [6.07, 6.45) is -5.67. The summed E-state index contributed by atoms with van der Waals surface area (Å²) in [6.45, 7) is 0. The Morgan fingerprint density at radius 1 is 1.50 bits per heavy atom. The third-order valence-corrected chi connectivity index (χ3v) is 0.383. The van der Waals surface area contributed by atoms with E-state index >= 15 is 0 Å². The van der Waals surface area contributed by atoms with Crippen LogP contribution in [0.3, 0.4) is 0 Å². The lowest BCUT2D eigenvalue weighted by atomic mass is 10.6. The molecular weight excluding hydrogens is 128 g/mol. The predicted octanol–water partition coefficient (Wildman–Crippen LogP) is 1.35. The number of hydrogen-bond donors (Lipinski definition) is 1. The molecule has 0 aromatic carbocycles. The van der Waals surface area contributed by atoms with Crippen LogP contribution in [0.1, 0.15) is 0 Å². The van der Waals surface area contributed by atoms with Crippen molar-refractivity contribution in [3.05, 3.63) is 12.2 Å². The van der Waals surface area contributed by atoms with Gasteiger partial charge in [-0.05, 0) is 0 Å². The van der Waals surface area contributed by atoms with Crippen LogP contribution in [0, 0.1) is 0 Å². The number of hydrogen-bond acceptors (Lipinski definition) is 1. The van der Waals surface area contributed by atoms with E-state index in [0.29, 0.717) is 0 Å². The van der Waals surface area contributed by atoms with Crippen LogP contribution in [0.2, 0.25) is 0 Å². The van der Waals surface area contributed by atoms with Crippen LogP contribution < -0.4 is 0 Å². The Kier molecular flexibility index (Phi) is 1.97. The number of halogens is 4. The van der Waals surface area contributed by atoms with Crippen molar-refractivity contribution in [2.45, 2.75) is 6.11 Å². The van der Waals surface area contributed by atoms with Crippen molar-refractivity contribution in [3.8, 4) is 0 Å². The van der Waals surface area contributed by atoms with Gasteiger partial charge in [0, 0.05) is 0 Å². The number of aliphatic hydroxyl groups is 1. The molecule has 0 amide bonds. The van der Waals surface area contributed by atoms with Crippen molar-refractivity contribution in [2.75, 3.05) is 0 Å². The van der Waals surface area contributed by atoms with Gasteiger partial charge in [0.1, 0.15) is 6.33 Å². The Morgan fingerprint density at radius 2 is 1.88 bits per heavy atom. The Bertz CT molecular complexity index is 102. The smallest absolute Gasteiger partial charge is 0.331 e. The molecule has 0 aliphatic rings. The molecule has 0 bridgehead atoms. The van der Waals surface area contributed by atoms with Gasteiger partial charge in [-0.15, -0.1) is 0 Å². The summed E-state index contributed by atoms with van der Waals surface area (Å²) in [4.78, 5) is 0. The first-order chi connectivity index (χ1) is 3.48. The van der Waals surface area contributed by atoms with E-state index in [2.05, 4.69) is 0 Å². The second-order valence-electron chi connectivity index (χ2n) is 0.998. The minimum Gasteiger partial charge on any atom is -0.331 e. The molecule has 0 unspecified atom stereocenters. The second kappa shape index (κ2) is 2.13. The van der Waals surface area contributed by atoms with Crippen LogP contribution in [0.4, 0.5) is 17.6 Å². The lowest BCUT2D eigenvalue weighted by molar-refractivity contribution is -0.179. The summed E-state index contributed by atoms with van der Waals surface area (Å²) < 4.78 is 43.8. The standard InChI is InChI=1S/C3H2F4O/c4-1-2(5)3(6,7)8/h1,8H. The highest BCUT2D eigenvalue weighted by Crippen LogP contribution is 2.20. The molecule has 0 spiro atoms. The van der Waals surface area contributed by atoms with Crippen LogP contribution >= 0.6 is 0 Å². The van der Waals surface area contributed by atoms with Gasteiger partial charge >= 0.3 is 6.11 Å². The second-order valence-corrected chi connectivity index (χ2v) is 0.998. The molecule has 0 saturated carbocycles. The van der Waals surface area contributed by atoms with Crippen molar-refractivity contribution in [1.29, 1.82) is 0 Å². The quantitative estimate of drug-likeness (QED) is 0.531. The topological polar surface area (TPSA) is 20.2 Å². The van der Waals surface area contributed by atoms with Crippen molar-refractivity contribution >= 4 is 0 Å². The highest BCUT2D eigenvalue weighted by molar-refractivity contribution is 4.92. The molecule has 0 saturated heterocycles. The van der Waals surface area contributed by atoms with E-state index < -0.39 is 18.3 Å². The molecular formula is C3H2F4O. The maximum atomic E-state index is 11.1. The van der Waals surface area contributed by atoms with Crippen molar-refractivity contribution in [1.82, 2.24) is 0 Å². The third kappa shape index (κ3) is 1.92. The van der Waals surface area contributed by atoms with Crippen LogP contribution in [0.15, 0.2) is 12.2 Å². The summed E-state index contributed by atoms with van der Waals surface area (Å²) in [5.41, 5.74) is 0. The first-order valence-corrected chi connectivity index (χ1v) is 1.55. The normalized spacial score (nSPS) is 14.4. The van der Waals surface area contributed by atoms with Gasteiger partial charge in [-0.25, -0.2) is 4.39 Å². The zero-order chi connectivity index (χ0) is 6.78. The van der Waals surface area contributed by atoms with Gasteiger partial charge in [0.05, 0.1) is 0 Å². The Morgan fingerprint density at radius 3 is 1.88 bits per heavy atom. The predicted molar refractivity (Wildman–Crippen MR) is 17.5 cm³/mol. The summed E-state index contributed by atoms with van der Waals surface area (Å²) in [6, 6.07) is 0. The molecule has 0 aromatic heterocycles. The van der Waals surface area contributed by atoms with Crippen LogP contribution in [0.5, 0.6) is 0 Å². The average molecular weight is 130 g/mol. The fourth-order valence-electron chi connectivity index (χ4n) is 0.0656. The molecule has 1 N–H and O–H groups in total. The molecule has 0 heterocycles. The van der Waals surface area contributed by atoms with Crippen molar-refractivity contribution in [2.24, 2.45) is 0 Å². The zero-order valence-electron chi connectivity index (χ0n) is 3.54. The van der Waals surface area contributed by atoms with E-state index in [1.807, 2.05) is 0 Å². The maximum absolute atomic E-state index is 11.1. The monoisotopic (exact) mass is 130 g/mol. The SMILES string of the molecule is OC(F)(F)C(F)=CF. The highest BCUT2D eigenvalue weighted by atomic mass is 19.3. The third-order valence-electron chi connectivity index (χ3n) is 0.383. The summed E-state index contributed by atoms with van der Waals surface area (Å²) in [5, 5.41) is 7.27. The molecule has 0 atom stereocenters. The fourth-order valence-corrected chi connectivity index (χ4v) is 0.0656. The van der Waals surface area contributed by atoms with E-state index in [4.69, 9.17) is 5.11 Å². The first-order valence-electron chi connectivity index (χ1n) is 1.55.